The van der Waals surface area contributed by atoms with Gasteiger partial charge in [-0.1, -0.05) is 45.3 Å². The number of hydrogen-bond acceptors (Lipinski definition) is 2. The van der Waals surface area contributed by atoms with Gasteiger partial charge >= 0.3 is 0 Å². The quantitative estimate of drug-likeness (QED) is 0.191. The van der Waals surface area contributed by atoms with Gasteiger partial charge < -0.3 is 10.4 Å². The minimum Gasteiger partial charge on any atom is -0.508 e. The Kier molecular flexibility index (Phi) is 14.6. The van der Waals surface area contributed by atoms with Crippen molar-refractivity contribution in [3.05, 3.63) is 36.6 Å². The van der Waals surface area contributed by atoms with Crippen molar-refractivity contribution in [2.75, 3.05) is 13.1 Å². The van der Waals surface area contributed by atoms with Gasteiger partial charge in [-0.3, -0.25) is 0 Å². The highest BCUT2D eigenvalue weighted by Gasteiger charge is 2.05. The number of rotatable bonds is 14. The molecule has 0 radical (unpaired) electrons. The largest absolute Gasteiger partial charge is 0.508 e. The monoisotopic (exact) mass is 293 g/mol. The molecule has 2 nitrogen and oxygen atoms in total. The molecular formula is C19H35NO. The van der Waals surface area contributed by atoms with Crippen molar-refractivity contribution < 1.29 is 5.11 Å². The molecule has 0 aliphatic carbocycles. The zero-order valence-corrected chi connectivity index (χ0v) is 14.1. The Morgan fingerprint density at radius 1 is 1.14 bits per heavy atom. The van der Waals surface area contributed by atoms with Crippen LogP contribution in [0.1, 0.15) is 65.2 Å². The molecule has 0 aliphatic rings. The summed E-state index contributed by atoms with van der Waals surface area (Å²) < 4.78 is 0. The Hall–Kier alpha value is -1.02. The minimum atomic E-state index is 0.398. The third kappa shape index (κ3) is 13.7. The van der Waals surface area contributed by atoms with E-state index < -0.39 is 0 Å². The highest BCUT2D eigenvalue weighted by Crippen LogP contribution is 2.17. The molecule has 2 heteroatoms. The molecular weight excluding hydrogens is 258 g/mol. The number of aliphatic hydroxyl groups excluding tert-OH is 1. The maximum atomic E-state index is 9.45. The van der Waals surface area contributed by atoms with E-state index in [4.69, 9.17) is 0 Å². The molecule has 0 aromatic carbocycles. The van der Waals surface area contributed by atoms with Crippen molar-refractivity contribution in [1.82, 2.24) is 5.32 Å². The molecule has 1 atom stereocenters. The summed E-state index contributed by atoms with van der Waals surface area (Å²) in [6, 6.07) is 0. The highest BCUT2D eigenvalue weighted by atomic mass is 16.3. The van der Waals surface area contributed by atoms with Crippen LogP contribution in [0.4, 0.5) is 0 Å². The zero-order valence-electron chi connectivity index (χ0n) is 14.1. The van der Waals surface area contributed by atoms with Gasteiger partial charge in [0.2, 0.25) is 0 Å². The molecule has 0 spiro atoms. The van der Waals surface area contributed by atoms with Crippen LogP contribution in [0.25, 0.3) is 0 Å². The molecule has 0 saturated carbocycles. The van der Waals surface area contributed by atoms with Crippen molar-refractivity contribution in [3.8, 4) is 0 Å². The Morgan fingerprint density at radius 2 is 1.95 bits per heavy atom. The number of aliphatic hydroxyl groups is 1. The fourth-order valence-corrected chi connectivity index (χ4v) is 2.36. The molecule has 0 rings (SSSR count). The number of unbranched alkanes of at least 4 members (excludes halogenated alkanes) is 2. The first-order chi connectivity index (χ1) is 10.2. The molecule has 0 aliphatic heterocycles. The Balaban J connectivity index is 3.58. The Bertz CT molecular complexity index is 294. The van der Waals surface area contributed by atoms with Gasteiger partial charge in [0.15, 0.2) is 0 Å². The Morgan fingerprint density at radius 3 is 2.62 bits per heavy atom. The lowest BCUT2D eigenvalue weighted by Crippen LogP contribution is -2.18. The van der Waals surface area contributed by atoms with Crippen LogP contribution in [0.3, 0.4) is 0 Å². The summed E-state index contributed by atoms with van der Waals surface area (Å²) in [5, 5.41) is 12.9. The second-order valence-corrected chi connectivity index (χ2v) is 5.61. The van der Waals surface area contributed by atoms with Crippen LogP contribution in [0.5, 0.6) is 0 Å². The molecule has 0 aromatic rings. The lowest BCUT2D eigenvalue weighted by atomic mass is 9.95. The lowest BCUT2D eigenvalue weighted by molar-refractivity contribution is 0.407. The van der Waals surface area contributed by atoms with Gasteiger partial charge in [-0.25, -0.2) is 0 Å². The third-order valence-corrected chi connectivity index (χ3v) is 3.77. The van der Waals surface area contributed by atoms with Gasteiger partial charge in [0, 0.05) is 0 Å². The van der Waals surface area contributed by atoms with Crippen LogP contribution in [0, 0.1) is 5.92 Å². The average Bonchev–Trinajstić information content (AvgIpc) is 2.48. The fraction of sp³-hybridized carbons (Fsp3) is 0.684. The predicted octanol–water partition coefficient (Wildman–Crippen LogP) is 5.54. The second-order valence-electron chi connectivity index (χ2n) is 5.61. The van der Waals surface area contributed by atoms with Crippen molar-refractivity contribution in [3.63, 3.8) is 0 Å². The molecule has 0 saturated heterocycles. The molecule has 0 bridgehead atoms. The number of nitrogens with one attached hydrogen (secondary N) is 1. The topological polar surface area (TPSA) is 32.3 Å². The van der Waals surface area contributed by atoms with Crippen molar-refractivity contribution >= 4 is 0 Å². The van der Waals surface area contributed by atoms with E-state index in [1.54, 1.807) is 0 Å². The van der Waals surface area contributed by atoms with Gasteiger partial charge in [0.1, 0.15) is 5.76 Å². The van der Waals surface area contributed by atoms with Crippen LogP contribution < -0.4 is 5.32 Å². The molecule has 122 valence electrons. The first-order valence-electron chi connectivity index (χ1n) is 8.61. The smallest absolute Gasteiger partial charge is 0.111 e. The third-order valence-electron chi connectivity index (χ3n) is 3.77. The van der Waals surface area contributed by atoms with Crippen molar-refractivity contribution in [2.24, 2.45) is 5.92 Å². The first-order valence-corrected chi connectivity index (χ1v) is 8.61. The molecule has 0 amide bonds. The van der Waals surface area contributed by atoms with Crippen LogP contribution in [0.15, 0.2) is 36.6 Å². The van der Waals surface area contributed by atoms with Gasteiger partial charge in [0.25, 0.3) is 0 Å². The van der Waals surface area contributed by atoms with E-state index in [0.717, 1.165) is 38.3 Å². The molecule has 2 N–H and O–H groups in total. The van der Waals surface area contributed by atoms with Crippen molar-refractivity contribution in [1.29, 1.82) is 0 Å². The molecule has 0 heterocycles. The van der Waals surface area contributed by atoms with E-state index in [1.165, 1.54) is 32.1 Å². The SMILES string of the molecule is C=CCCNCCC(CC)CCCC/C=C\C(O)=C/CC. The van der Waals surface area contributed by atoms with E-state index in [2.05, 4.69) is 24.9 Å². The maximum Gasteiger partial charge on any atom is 0.111 e. The summed E-state index contributed by atoms with van der Waals surface area (Å²) in [6.45, 7) is 10.2. The van der Waals surface area contributed by atoms with Crippen molar-refractivity contribution in [2.45, 2.75) is 65.2 Å². The van der Waals surface area contributed by atoms with Crippen LogP contribution in [-0.4, -0.2) is 18.2 Å². The van der Waals surface area contributed by atoms with E-state index in [9.17, 15) is 5.11 Å². The summed E-state index contributed by atoms with van der Waals surface area (Å²) in [6.07, 6.45) is 17.1. The summed E-state index contributed by atoms with van der Waals surface area (Å²) in [5.41, 5.74) is 0. The standard InChI is InChI=1S/C19H35NO/c1-4-7-16-20-17-15-18(6-3)13-10-8-9-11-14-19(21)12-5-2/h4,11-12,14,18,20-21H,1,5-10,13,15-17H2,2-3H3/b14-11-,19-12+. The van der Waals surface area contributed by atoms with Gasteiger partial charge in [-0.05, 0) is 63.3 Å². The summed E-state index contributed by atoms with van der Waals surface area (Å²) >= 11 is 0. The molecule has 0 fully saturated rings. The summed E-state index contributed by atoms with van der Waals surface area (Å²) in [4.78, 5) is 0. The van der Waals surface area contributed by atoms with Crippen LogP contribution in [-0.2, 0) is 0 Å². The van der Waals surface area contributed by atoms with Gasteiger partial charge in [-0.15, -0.1) is 6.58 Å². The van der Waals surface area contributed by atoms with E-state index in [1.807, 2.05) is 25.2 Å². The molecule has 0 aromatic heterocycles. The Labute approximate surface area is 132 Å². The number of allylic oxidation sites excluding steroid dienone is 3. The normalized spacial score (nSPS) is 13.7. The highest BCUT2D eigenvalue weighted by molar-refractivity contribution is 5.09. The van der Waals surface area contributed by atoms with Crippen LogP contribution >= 0.6 is 0 Å². The predicted molar refractivity (Wildman–Crippen MR) is 94.7 cm³/mol. The van der Waals surface area contributed by atoms with Gasteiger partial charge in [-0.2, -0.15) is 0 Å². The molecule has 1 unspecified atom stereocenters. The summed E-state index contributed by atoms with van der Waals surface area (Å²) in [7, 11) is 0. The zero-order chi connectivity index (χ0) is 15.8. The maximum absolute atomic E-state index is 9.45. The average molecular weight is 293 g/mol. The fourth-order valence-electron chi connectivity index (χ4n) is 2.36. The summed E-state index contributed by atoms with van der Waals surface area (Å²) in [5.74, 6) is 1.24. The van der Waals surface area contributed by atoms with Crippen LogP contribution in [0.2, 0.25) is 0 Å². The van der Waals surface area contributed by atoms with E-state index in [-0.39, 0.29) is 0 Å². The van der Waals surface area contributed by atoms with E-state index in [0.29, 0.717) is 5.76 Å². The van der Waals surface area contributed by atoms with Gasteiger partial charge in [0.05, 0.1) is 0 Å². The number of hydrogen-bond donors (Lipinski definition) is 2. The molecule has 21 heavy (non-hydrogen) atoms. The minimum absolute atomic E-state index is 0.398. The lowest BCUT2D eigenvalue weighted by Gasteiger charge is -2.14. The van der Waals surface area contributed by atoms with E-state index >= 15 is 0 Å². The second kappa shape index (κ2) is 15.4. The first kappa shape index (κ1) is 20.0.